The van der Waals surface area contributed by atoms with Crippen LogP contribution in [0.5, 0.6) is 5.75 Å². The summed E-state index contributed by atoms with van der Waals surface area (Å²) in [7, 11) is 0. The third-order valence-corrected chi connectivity index (χ3v) is 4.86. The highest BCUT2D eigenvalue weighted by molar-refractivity contribution is 6.30. The number of hydrogen-bond donors (Lipinski definition) is 1. The quantitative estimate of drug-likeness (QED) is 0.608. The molecule has 1 aliphatic heterocycles. The molecule has 1 N–H and O–H groups in total. The maximum atomic E-state index is 12.5. The van der Waals surface area contributed by atoms with Crippen LogP contribution in [-0.2, 0) is 11.3 Å². The van der Waals surface area contributed by atoms with Crippen molar-refractivity contribution in [2.75, 3.05) is 11.9 Å². The largest absolute Gasteiger partial charge is 0.484 e. The summed E-state index contributed by atoms with van der Waals surface area (Å²) >= 11 is 5.88. The van der Waals surface area contributed by atoms with Gasteiger partial charge in [-0.3, -0.25) is 19.3 Å². The Bertz CT molecular complexity index is 1090. The van der Waals surface area contributed by atoms with Crippen molar-refractivity contribution in [2.24, 2.45) is 0 Å². The van der Waals surface area contributed by atoms with Gasteiger partial charge in [-0.15, -0.1) is 0 Å². The lowest BCUT2D eigenvalue weighted by Gasteiger charge is -2.14. The molecule has 0 fully saturated rings. The van der Waals surface area contributed by atoms with E-state index in [1.54, 1.807) is 72.8 Å². The highest BCUT2D eigenvalue weighted by Gasteiger charge is 2.34. The van der Waals surface area contributed by atoms with E-state index in [1.807, 2.05) is 0 Å². The summed E-state index contributed by atoms with van der Waals surface area (Å²) in [5.74, 6) is -0.408. The van der Waals surface area contributed by atoms with Crippen LogP contribution in [0.4, 0.5) is 5.69 Å². The smallest absolute Gasteiger partial charge is 0.262 e. The van der Waals surface area contributed by atoms with E-state index in [-0.39, 0.29) is 30.9 Å². The third-order valence-electron chi connectivity index (χ3n) is 4.62. The van der Waals surface area contributed by atoms with Crippen molar-refractivity contribution in [3.63, 3.8) is 0 Å². The number of hydrogen-bond acceptors (Lipinski definition) is 4. The molecular weight excluding hydrogens is 404 g/mol. The fourth-order valence-corrected chi connectivity index (χ4v) is 3.34. The molecule has 6 nitrogen and oxygen atoms in total. The molecule has 30 heavy (non-hydrogen) atoms. The van der Waals surface area contributed by atoms with Gasteiger partial charge in [-0.1, -0.05) is 41.9 Å². The first kappa shape index (κ1) is 19.7. The van der Waals surface area contributed by atoms with Crippen LogP contribution in [0.3, 0.4) is 0 Å². The number of rotatable bonds is 6. The lowest BCUT2D eigenvalue weighted by molar-refractivity contribution is -0.118. The minimum atomic E-state index is -0.317. The molecule has 0 aliphatic carbocycles. The molecule has 3 aromatic rings. The van der Waals surface area contributed by atoms with Gasteiger partial charge in [-0.2, -0.15) is 0 Å². The summed E-state index contributed by atoms with van der Waals surface area (Å²) in [4.78, 5) is 38.2. The number of imide groups is 1. The van der Waals surface area contributed by atoms with Crippen LogP contribution in [0.15, 0.2) is 72.8 Å². The van der Waals surface area contributed by atoms with E-state index < -0.39 is 0 Å². The average Bonchev–Trinajstić information content (AvgIpc) is 2.99. The molecule has 1 aliphatic rings. The lowest BCUT2D eigenvalue weighted by Crippen LogP contribution is -2.29. The lowest BCUT2D eigenvalue weighted by atomic mass is 10.1. The van der Waals surface area contributed by atoms with Gasteiger partial charge in [0.25, 0.3) is 17.7 Å². The van der Waals surface area contributed by atoms with Crippen LogP contribution in [0.2, 0.25) is 5.02 Å². The fraction of sp³-hybridized carbons (Fsp3) is 0.0870. The number of anilines is 1. The zero-order chi connectivity index (χ0) is 21.1. The summed E-state index contributed by atoms with van der Waals surface area (Å²) in [6.07, 6.45) is 0. The van der Waals surface area contributed by atoms with Gasteiger partial charge >= 0.3 is 0 Å². The number of benzene rings is 3. The van der Waals surface area contributed by atoms with E-state index in [0.29, 0.717) is 27.6 Å². The van der Waals surface area contributed by atoms with E-state index in [9.17, 15) is 14.4 Å². The van der Waals surface area contributed by atoms with Gasteiger partial charge in [0.1, 0.15) is 5.75 Å². The Hall–Kier alpha value is -3.64. The minimum absolute atomic E-state index is 0.156. The first-order valence-electron chi connectivity index (χ1n) is 9.23. The summed E-state index contributed by atoms with van der Waals surface area (Å²) in [6, 6.07) is 20.5. The molecule has 0 radical (unpaired) electrons. The predicted octanol–water partition coefficient (Wildman–Crippen LogP) is 4.15. The van der Waals surface area contributed by atoms with E-state index >= 15 is 0 Å². The predicted molar refractivity (Wildman–Crippen MR) is 113 cm³/mol. The van der Waals surface area contributed by atoms with Gasteiger partial charge in [0, 0.05) is 10.7 Å². The zero-order valence-corrected chi connectivity index (χ0v) is 16.6. The molecule has 3 amide bonds. The monoisotopic (exact) mass is 420 g/mol. The molecule has 7 heteroatoms. The summed E-state index contributed by atoms with van der Waals surface area (Å²) in [5, 5.41) is 3.26. The van der Waals surface area contributed by atoms with Crippen molar-refractivity contribution in [1.29, 1.82) is 0 Å². The normalized spacial score (nSPS) is 12.6. The molecule has 0 aromatic heterocycles. The van der Waals surface area contributed by atoms with Crippen molar-refractivity contribution in [2.45, 2.75) is 6.54 Å². The van der Waals surface area contributed by atoms with Crippen molar-refractivity contribution >= 4 is 35.0 Å². The molecule has 4 rings (SSSR count). The molecular formula is C23H17ClN2O4. The zero-order valence-electron chi connectivity index (χ0n) is 15.8. The molecule has 0 saturated carbocycles. The Morgan fingerprint density at radius 2 is 1.57 bits per heavy atom. The highest BCUT2D eigenvalue weighted by Crippen LogP contribution is 2.24. The number of carbonyl (C=O) groups excluding carboxylic acids is 3. The average molecular weight is 421 g/mol. The molecule has 0 bridgehead atoms. The number of amides is 3. The number of ether oxygens (including phenoxy) is 1. The van der Waals surface area contributed by atoms with Crippen molar-refractivity contribution < 1.29 is 19.1 Å². The third kappa shape index (κ3) is 4.18. The summed E-state index contributed by atoms with van der Waals surface area (Å²) in [6.45, 7) is 0.00951. The SMILES string of the molecule is O=C(COc1cccc(Cl)c1)Nc1ccc(CN2C(=O)c3ccccc3C2=O)cc1. The van der Waals surface area contributed by atoms with E-state index in [2.05, 4.69) is 5.32 Å². The minimum Gasteiger partial charge on any atom is -0.484 e. The highest BCUT2D eigenvalue weighted by atomic mass is 35.5. The second-order valence-electron chi connectivity index (χ2n) is 6.73. The van der Waals surface area contributed by atoms with Crippen LogP contribution >= 0.6 is 11.6 Å². The van der Waals surface area contributed by atoms with Crippen molar-refractivity contribution in [3.05, 3.63) is 94.5 Å². The second-order valence-corrected chi connectivity index (χ2v) is 7.17. The molecule has 0 unspecified atom stereocenters. The summed E-state index contributed by atoms with van der Waals surface area (Å²) in [5.41, 5.74) is 2.20. The number of halogens is 1. The molecule has 0 atom stereocenters. The first-order chi connectivity index (χ1) is 14.5. The standard InChI is InChI=1S/C23H17ClN2O4/c24-16-4-3-5-18(12-16)30-14-21(27)25-17-10-8-15(9-11-17)13-26-22(28)19-6-1-2-7-20(19)23(26)29/h1-12H,13-14H2,(H,25,27). The van der Waals surface area contributed by atoms with Crippen molar-refractivity contribution in [3.8, 4) is 5.75 Å². The Balaban J connectivity index is 1.34. The van der Waals surface area contributed by atoms with Crippen LogP contribution in [-0.4, -0.2) is 29.2 Å². The van der Waals surface area contributed by atoms with Crippen LogP contribution in [0.1, 0.15) is 26.3 Å². The Labute approximate surface area is 178 Å². The Morgan fingerprint density at radius 3 is 2.20 bits per heavy atom. The van der Waals surface area contributed by atoms with Crippen LogP contribution in [0, 0.1) is 0 Å². The van der Waals surface area contributed by atoms with Gasteiger partial charge in [-0.05, 0) is 48.0 Å². The Morgan fingerprint density at radius 1 is 0.900 bits per heavy atom. The summed E-state index contributed by atoms with van der Waals surface area (Å²) < 4.78 is 5.41. The number of nitrogens with zero attached hydrogens (tertiary/aromatic N) is 1. The van der Waals surface area contributed by atoms with E-state index in [4.69, 9.17) is 16.3 Å². The van der Waals surface area contributed by atoms with Gasteiger partial charge in [-0.25, -0.2) is 0 Å². The Kier molecular flexibility index (Phi) is 5.50. The van der Waals surface area contributed by atoms with Gasteiger partial charge in [0.05, 0.1) is 17.7 Å². The second kappa shape index (κ2) is 8.39. The molecule has 0 saturated heterocycles. The fourth-order valence-electron chi connectivity index (χ4n) is 3.16. The molecule has 150 valence electrons. The topological polar surface area (TPSA) is 75.7 Å². The van der Waals surface area contributed by atoms with Gasteiger partial charge in [0.15, 0.2) is 6.61 Å². The number of carbonyl (C=O) groups is 3. The molecule has 3 aromatic carbocycles. The maximum Gasteiger partial charge on any atom is 0.262 e. The van der Waals surface area contributed by atoms with Crippen LogP contribution < -0.4 is 10.1 Å². The molecule has 1 heterocycles. The number of nitrogens with one attached hydrogen (secondary N) is 1. The van der Waals surface area contributed by atoms with Crippen molar-refractivity contribution in [1.82, 2.24) is 4.90 Å². The van der Waals surface area contributed by atoms with Gasteiger partial charge < -0.3 is 10.1 Å². The van der Waals surface area contributed by atoms with Crippen LogP contribution in [0.25, 0.3) is 0 Å². The van der Waals surface area contributed by atoms with E-state index in [0.717, 1.165) is 5.56 Å². The molecule has 0 spiro atoms. The first-order valence-corrected chi connectivity index (χ1v) is 9.61. The number of fused-ring (bicyclic) bond motifs is 1. The van der Waals surface area contributed by atoms with E-state index in [1.165, 1.54) is 4.90 Å². The maximum absolute atomic E-state index is 12.5. The van der Waals surface area contributed by atoms with Gasteiger partial charge in [0.2, 0.25) is 0 Å².